The molecule has 2 aromatic carbocycles. The second kappa shape index (κ2) is 6.31. The Hall–Kier alpha value is -1.80. The first-order valence-corrected chi connectivity index (χ1v) is 7.51. The lowest BCUT2D eigenvalue weighted by molar-refractivity contribution is 0.437. The van der Waals surface area contributed by atoms with Crippen LogP contribution in [-0.4, -0.2) is 5.11 Å². The molecule has 21 heavy (non-hydrogen) atoms. The topological polar surface area (TPSA) is 32.3 Å². The molecule has 0 fully saturated rings. The zero-order chi connectivity index (χ0) is 15.6. The summed E-state index contributed by atoms with van der Waals surface area (Å²) < 4.78 is 0. The molecular formula is C19H25NO. The Bertz CT molecular complexity index is 633. The highest BCUT2D eigenvalue weighted by atomic mass is 16.3. The lowest BCUT2D eigenvalue weighted by Gasteiger charge is -2.23. The Balaban J connectivity index is 2.18. The fraction of sp³-hybridized carbons (Fsp3) is 0.368. The molecule has 0 aromatic heterocycles. The van der Waals surface area contributed by atoms with Gasteiger partial charge in [0.1, 0.15) is 5.75 Å². The van der Waals surface area contributed by atoms with E-state index in [-0.39, 0.29) is 12.1 Å². The number of nitrogens with one attached hydrogen (secondary N) is 1. The normalized spacial score (nSPS) is 14.0. The van der Waals surface area contributed by atoms with Crippen LogP contribution in [0.5, 0.6) is 5.75 Å². The van der Waals surface area contributed by atoms with Gasteiger partial charge >= 0.3 is 0 Å². The first-order valence-electron chi connectivity index (χ1n) is 7.51. The minimum absolute atomic E-state index is 0.0977. The molecule has 0 aliphatic rings. The van der Waals surface area contributed by atoms with Crippen LogP contribution in [0.3, 0.4) is 0 Å². The van der Waals surface area contributed by atoms with Crippen molar-refractivity contribution in [3.05, 3.63) is 64.2 Å². The summed E-state index contributed by atoms with van der Waals surface area (Å²) in [6, 6.07) is 12.7. The minimum Gasteiger partial charge on any atom is -0.508 e. The lowest BCUT2D eigenvalue weighted by atomic mass is 9.98. The minimum atomic E-state index is 0.0977. The molecule has 2 heteroatoms. The Morgan fingerprint density at radius 3 is 2.05 bits per heavy atom. The van der Waals surface area contributed by atoms with Crippen LogP contribution in [0.1, 0.15) is 53.7 Å². The Kier molecular flexibility index (Phi) is 4.69. The van der Waals surface area contributed by atoms with Gasteiger partial charge in [-0.1, -0.05) is 35.9 Å². The molecule has 2 N–H and O–H groups in total. The molecule has 0 radical (unpaired) electrons. The monoisotopic (exact) mass is 283 g/mol. The summed E-state index contributed by atoms with van der Waals surface area (Å²) in [7, 11) is 0. The predicted molar refractivity (Wildman–Crippen MR) is 88.7 cm³/mol. The quantitative estimate of drug-likeness (QED) is 0.850. The Labute approximate surface area is 127 Å². The maximum atomic E-state index is 10.1. The SMILES string of the molecule is Cc1ccc(C(C)NC(C)c2cc(C)ccc2C)c(O)c1. The molecule has 2 atom stereocenters. The van der Waals surface area contributed by atoms with Gasteiger partial charge in [0.15, 0.2) is 0 Å². The third-order valence-corrected chi connectivity index (χ3v) is 4.05. The zero-order valence-electron chi connectivity index (χ0n) is 13.6. The van der Waals surface area contributed by atoms with E-state index in [9.17, 15) is 5.11 Å². The van der Waals surface area contributed by atoms with Crippen LogP contribution in [0, 0.1) is 20.8 Å². The van der Waals surface area contributed by atoms with Gasteiger partial charge in [-0.3, -0.25) is 0 Å². The van der Waals surface area contributed by atoms with Gasteiger partial charge in [-0.2, -0.15) is 0 Å². The number of benzene rings is 2. The average Bonchev–Trinajstić information content (AvgIpc) is 2.41. The summed E-state index contributed by atoms with van der Waals surface area (Å²) in [5.41, 5.74) is 5.90. The Morgan fingerprint density at radius 2 is 1.38 bits per heavy atom. The van der Waals surface area contributed by atoms with E-state index in [1.54, 1.807) is 0 Å². The summed E-state index contributed by atoms with van der Waals surface area (Å²) in [6.45, 7) is 10.5. The van der Waals surface area contributed by atoms with E-state index in [1.165, 1.54) is 16.7 Å². The van der Waals surface area contributed by atoms with Crippen molar-refractivity contribution in [3.8, 4) is 5.75 Å². The summed E-state index contributed by atoms with van der Waals surface area (Å²) in [5.74, 6) is 0.364. The van der Waals surface area contributed by atoms with Crippen molar-refractivity contribution in [2.45, 2.75) is 46.7 Å². The highest BCUT2D eigenvalue weighted by molar-refractivity contribution is 5.38. The van der Waals surface area contributed by atoms with Crippen LogP contribution in [0.4, 0.5) is 0 Å². The Morgan fingerprint density at radius 1 is 0.810 bits per heavy atom. The fourth-order valence-electron chi connectivity index (χ4n) is 2.80. The van der Waals surface area contributed by atoms with Gasteiger partial charge in [0, 0.05) is 17.6 Å². The zero-order valence-corrected chi connectivity index (χ0v) is 13.6. The largest absolute Gasteiger partial charge is 0.508 e. The van der Waals surface area contributed by atoms with E-state index in [2.05, 4.69) is 51.2 Å². The van der Waals surface area contributed by atoms with Crippen molar-refractivity contribution in [1.82, 2.24) is 5.32 Å². The summed E-state index contributed by atoms with van der Waals surface area (Å²) >= 11 is 0. The molecule has 2 rings (SSSR count). The van der Waals surface area contributed by atoms with E-state index in [0.717, 1.165) is 11.1 Å². The first kappa shape index (κ1) is 15.6. The van der Waals surface area contributed by atoms with Crippen molar-refractivity contribution in [1.29, 1.82) is 0 Å². The molecule has 0 amide bonds. The predicted octanol–water partition coefficient (Wildman–Crippen LogP) is 4.73. The second-order valence-electron chi connectivity index (χ2n) is 6.03. The first-order chi connectivity index (χ1) is 9.88. The lowest BCUT2D eigenvalue weighted by Crippen LogP contribution is -2.23. The van der Waals surface area contributed by atoms with Gasteiger partial charge in [-0.15, -0.1) is 0 Å². The standard InChI is InChI=1S/C19H25NO/c1-12-6-8-14(3)18(10-12)16(5)20-15(4)17-9-7-13(2)11-19(17)21/h6-11,15-16,20-21H,1-5H3. The number of aromatic hydroxyl groups is 1. The van der Waals surface area contributed by atoms with Crippen LogP contribution in [0.15, 0.2) is 36.4 Å². The molecule has 0 bridgehead atoms. The summed E-state index contributed by atoms with van der Waals surface area (Å²) in [6.07, 6.45) is 0. The van der Waals surface area contributed by atoms with Crippen molar-refractivity contribution >= 4 is 0 Å². The van der Waals surface area contributed by atoms with Crippen molar-refractivity contribution in [3.63, 3.8) is 0 Å². The molecule has 2 aromatic rings. The van der Waals surface area contributed by atoms with E-state index >= 15 is 0 Å². The number of hydrogen-bond donors (Lipinski definition) is 2. The van der Waals surface area contributed by atoms with E-state index in [4.69, 9.17) is 0 Å². The van der Waals surface area contributed by atoms with Gasteiger partial charge < -0.3 is 10.4 Å². The van der Waals surface area contributed by atoms with E-state index in [0.29, 0.717) is 5.75 Å². The maximum Gasteiger partial charge on any atom is 0.120 e. The number of hydrogen-bond acceptors (Lipinski definition) is 2. The van der Waals surface area contributed by atoms with Gasteiger partial charge in [-0.05, 0) is 57.4 Å². The average molecular weight is 283 g/mol. The van der Waals surface area contributed by atoms with Gasteiger partial charge in [0.25, 0.3) is 0 Å². The molecule has 112 valence electrons. The molecular weight excluding hydrogens is 258 g/mol. The fourth-order valence-corrected chi connectivity index (χ4v) is 2.80. The van der Waals surface area contributed by atoms with Crippen LogP contribution in [0.25, 0.3) is 0 Å². The molecule has 0 saturated heterocycles. The number of rotatable bonds is 4. The number of phenolic OH excluding ortho intramolecular Hbond substituents is 1. The maximum absolute atomic E-state index is 10.1. The molecule has 0 spiro atoms. The van der Waals surface area contributed by atoms with Crippen molar-refractivity contribution < 1.29 is 5.11 Å². The second-order valence-corrected chi connectivity index (χ2v) is 6.03. The highest BCUT2D eigenvalue weighted by Gasteiger charge is 2.15. The molecule has 0 heterocycles. The molecule has 0 aliphatic heterocycles. The van der Waals surface area contributed by atoms with E-state index in [1.807, 2.05) is 25.1 Å². The van der Waals surface area contributed by atoms with Crippen LogP contribution in [-0.2, 0) is 0 Å². The third kappa shape index (κ3) is 3.64. The smallest absolute Gasteiger partial charge is 0.120 e. The van der Waals surface area contributed by atoms with Crippen LogP contribution < -0.4 is 5.32 Å². The van der Waals surface area contributed by atoms with Crippen molar-refractivity contribution in [2.75, 3.05) is 0 Å². The molecule has 0 saturated carbocycles. The van der Waals surface area contributed by atoms with Gasteiger partial charge in [-0.25, -0.2) is 0 Å². The summed E-state index contributed by atoms with van der Waals surface area (Å²) in [5, 5.41) is 13.7. The van der Waals surface area contributed by atoms with Gasteiger partial charge in [0.2, 0.25) is 0 Å². The van der Waals surface area contributed by atoms with Crippen molar-refractivity contribution in [2.24, 2.45) is 0 Å². The van der Waals surface area contributed by atoms with E-state index < -0.39 is 0 Å². The van der Waals surface area contributed by atoms with Crippen LogP contribution in [0.2, 0.25) is 0 Å². The third-order valence-electron chi connectivity index (χ3n) is 4.05. The summed E-state index contributed by atoms with van der Waals surface area (Å²) in [4.78, 5) is 0. The molecule has 2 nitrogen and oxygen atoms in total. The highest BCUT2D eigenvalue weighted by Crippen LogP contribution is 2.28. The van der Waals surface area contributed by atoms with Crippen LogP contribution >= 0.6 is 0 Å². The van der Waals surface area contributed by atoms with Gasteiger partial charge in [0.05, 0.1) is 0 Å². The number of phenols is 1. The number of aryl methyl sites for hydroxylation is 3. The molecule has 2 unspecified atom stereocenters. The molecule has 0 aliphatic carbocycles.